The Balaban J connectivity index is 4.12. The number of thioether (sulfide) groups is 1. The third-order valence-corrected chi connectivity index (χ3v) is 2.32. The predicted molar refractivity (Wildman–Crippen MR) is 59.2 cm³/mol. The molecule has 0 rings (SSSR count). The molecule has 0 aliphatic carbocycles. The molecular weight excluding hydrogens is 234 g/mol. The zero-order valence-corrected chi connectivity index (χ0v) is 10.0. The molecule has 7 heteroatoms. The summed E-state index contributed by atoms with van der Waals surface area (Å²) >= 11 is 1.30. The maximum Gasteiger partial charge on any atom is 0.326 e. The highest BCUT2D eigenvalue weighted by Crippen LogP contribution is 2.00. The number of nitrogens with one attached hydrogen (secondary N) is 1. The number of ether oxygens (including phenoxy) is 1. The fraction of sp³-hybridized carbons (Fsp3) is 0.667. The summed E-state index contributed by atoms with van der Waals surface area (Å²) in [6, 6.07) is -1.04. The van der Waals surface area contributed by atoms with Crippen LogP contribution in [0.1, 0.15) is 12.8 Å². The van der Waals surface area contributed by atoms with E-state index in [1.165, 1.54) is 18.9 Å². The molecule has 0 saturated heterocycles. The molecule has 0 fully saturated rings. The van der Waals surface area contributed by atoms with Gasteiger partial charge in [0.25, 0.3) is 0 Å². The van der Waals surface area contributed by atoms with Gasteiger partial charge in [0.2, 0.25) is 5.91 Å². The molecule has 0 radical (unpaired) electrons. The smallest absolute Gasteiger partial charge is 0.326 e. The highest BCUT2D eigenvalue weighted by molar-refractivity contribution is 7.99. The van der Waals surface area contributed by atoms with Gasteiger partial charge >= 0.3 is 11.9 Å². The van der Waals surface area contributed by atoms with Crippen molar-refractivity contribution in [2.24, 2.45) is 0 Å². The van der Waals surface area contributed by atoms with Gasteiger partial charge in [0.1, 0.15) is 6.04 Å². The van der Waals surface area contributed by atoms with Crippen LogP contribution in [0, 0.1) is 0 Å². The second-order valence-corrected chi connectivity index (χ2v) is 3.87. The molecule has 16 heavy (non-hydrogen) atoms. The largest absolute Gasteiger partial charge is 0.480 e. The Morgan fingerprint density at radius 1 is 1.44 bits per heavy atom. The van der Waals surface area contributed by atoms with Crippen molar-refractivity contribution in [1.82, 2.24) is 5.32 Å². The number of carboxylic acids is 1. The van der Waals surface area contributed by atoms with Crippen molar-refractivity contribution in [1.29, 1.82) is 0 Å². The maximum atomic E-state index is 11.2. The zero-order valence-electron chi connectivity index (χ0n) is 9.19. The van der Waals surface area contributed by atoms with Gasteiger partial charge in [-0.1, -0.05) is 0 Å². The van der Waals surface area contributed by atoms with E-state index >= 15 is 0 Å². The molecule has 0 aromatic carbocycles. The summed E-state index contributed by atoms with van der Waals surface area (Å²) in [5, 5.41) is 11.1. The molecule has 0 spiro atoms. The van der Waals surface area contributed by atoms with Crippen molar-refractivity contribution in [2.45, 2.75) is 18.9 Å². The van der Waals surface area contributed by atoms with Crippen LogP contribution in [0.3, 0.4) is 0 Å². The van der Waals surface area contributed by atoms with E-state index < -0.39 is 18.0 Å². The zero-order chi connectivity index (χ0) is 12.6. The number of carbonyl (C=O) groups is 3. The van der Waals surface area contributed by atoms with Crippen molar-refractivity contribution in [3.8, 4) is 0 Å². The van der Waals surface area contributed by atoms with Crippen LogP contribution in [0.4, 0.5) is 0 Å². The number of carboxylic acid groups (broad SMARTS) is 1. The summed E-state index contributed by atoms with van der Waals surface area (Å²) in [4.78, 5) is 32.7. The van der Waals surface area contributed by atoms with Crippen molar-refractivity contribution in [3.05, 3.63) is 0 Å². The molecule has 6 nitrogen and oxygen atoms in total. The van der Waals surface area contributed by atoms with Crippen molar-refractivity contribution >= 4 is 29.6 Å². The standard InChI is InChI=1S/C9H15NO5S/c1-15-8(12)4-3-6(9(13)14)10-7(11)5-16-2/h6H,3-5H2,1-2H3,(H,10,11)(H,13,14). The van der Waals surface area contributed by atoms with Crippen molar-refractivity contribution < 1.29 is 24.2 Å². The minimum atomic E-state index is -1.15. The van der Waals surface area contributed by atoms with Gasteiger partial charge in [-0.2, -0.15) is 11.8 Å². The third-order valence-electron chi connectivity index (χ3n) is 1.77. The minimum absolute atomic E-state index is 0.0299. The second kappa shape index (κ2) is 7.98. The van der Waals surface area contributed by atoms with Crippen LogP contribution in [0.5, 0.6) is 0 Å². The number of aliphatic carboxylic acids is 1. The molecule has 1 atom stereocenters. The fourth-order valence-corrected chi connectivity index (χ4v) is 1.33. The van der Waals surface area contributed by atoms with Crippen LogP contribution in [0.25, 0.3) is 0 Å². The van der Waals surface area contributed by atoms with E-state index in [9.17, 15) is 14.4 Å². The molecule has 0 bridgehead atoms. The highest BCUT2D eigenvalue weighted by Gasteiger charge is 2.20. The Morgan fingerprint density at radius 2 is 2.06 bits per heavy atom. The van der Waals surface area contributed by atoms with Gasteiger partial charge in [0.15, 0.2) is 0 Å². The van der Waals surface area contributed by atoms with Crippen LogP contribution in [0.2, 0.25) is 0 Å². The minimum Gasteiger partial charge on any atom is -0.480 e. The molecule has 0 aliphatic rings. The van der Waals surface area contributed by atoms with Gasteiger partial charge in [-0.25, -0.2) is 4.79 Å². The molecule has 2 N–H and O–H groups in total. The van der Waals surface area contributed by atoms with E-state index in [0.717, 1.165) is 0 Å². The number of methoxy groups -OCH3 is 1. The number of amides is 1. The number of hydrogen-bond donors (Lipinski definition) is 2. The van der Waals surface area contributed by atoms with E-state index in [-0.39, 0.29) is 24.5 Å². The summed E-state index contributed by atoms with van der Waals surface area (Å²) in [6.45, 7) is 0. The lowest BCUT2D eigenvalue weighted by atomic mass is 10.1. The summed E-state index contributed by atoms with van der Waals surface area (Å²) < 4.78 is 4.38. The molecule has 0 heterocycles. The number of esters is 1. The van der Waals surface area contributed by atoms with Gasteiger partial charge in [0.05, 0.1) is 12.9 Å². The van der Waals surface area contributed by atoms with E-state index in [1.807, 2.05) is 0 Å². The Morgan fingerprint density at radius 3 is 2.50 bits per heavy atom. The average Bonchev–Trinajstić information content (AvgIpc) is 2.23. The lowest BCUT2D eigenvalue weighted by Gasteiger charge is -2.13. The van der Waals surface area contributed by atoms with Gasteiger partial charge in [0, 0.05) is 6.42 Å². The van der Waals surface area contributed by atoms with Crippen molar-refractivity contribution in [3.63, 3.8) is 0 Å². The molecule has 0 aromatic heterocycles. The number of hydrogen-bond acceptors (Lipinski definition) is 5. The summed E-state index contributed by atoms with van der Waals surface area (Å²) in [5.74, 6) is -1.81. The van der Waals surface area contributed by atoms with Gasteiger partial charge in [-0.3, -0.25) is 9.59 Å². The van der Waals surface area contributed by atoms with E-state index in [4.69, 9.17) is 5.11 Å². The first-order chi connectivity index (χ1) is 7.51. The van der Waals surface area contributed by atoms with Crippen LogP contribution in [0.15, 0.2) is 0 Å². The first-order valence-corrected chi connectivity index (χ1v) is 5.98. The predicted octanol–water partition coefficient (Wildman–Crippen LogP) is -0.128. The van der Waals surface area contributed by atoms with E-state index in [2.05, 4.69) is 10.1 Å². The first-order valence-electron chi connectivity index (χ1n) is 4.59. The van der Waals surface area contributed by atoms with Crippen molar-refractivity contribution in [2.75, 3.05) is 19.1 Å². The molecule has 0 aliphatic heterocycles. The quantitative estimate of drug-likeness (QED) is 0.611. The third kappa shape index (κ3) is 6.28. The topological polar surface area (TPSA) is 92.7 Å². The van der Waals surface area contributed by atoms with Crippen LogP contribution < -0.4 is 5.32 Å². The lowest BCUT2D eigenvalue weighted by Crippen LogP contribution is -2.41. The molecule has 1 amide bonds. The maximum absolute atomic E-state index is 11.2. The molecular formula is C9H15NO5S. The Bertz CT molecular complexity index is 269. The lowest BCUT2D eigenvalue weighted by molar-refractivity contribution is -0.143. The Kier molecular flexibility index (Phi) is 7.36. The summed E-state index contributed by atoms with van der Waals surface area (Å²) in [7, 11) is 1.23. The summed E-state index contributed by atoms with van der Waals surface area (Å²) in [6.07, 6.45) is 1.74. The Labute approximate surface area is 97.7 Å². The molecule has 1 unspecified atom stereocenters. The van der Waals surface area contributed by atoms with E-state index in [1.54, 1.807) is 6.26 Å². The van der Waals surface area contributed by atoms with Crippen LogP contribution in [-0.4, -0.2) is 48.1 Å². The molecule has 0 saturated carbocycles. The first kappa shape index (κ1) is 14.8. The van der Waals surface area contributed by atoms with Gasteiger partial charge in [-0.05, 0) is 12.7 Å². The van der Waals surface area contributed by atoms with Crippen LogP contribution >= 0.6 is 11.8 Å². The second-order valence-electron chi connectivity index (χ2n) is 3.01. The summed E-state index contributed by atoms with van der Waals surface area (Å²) in [5.41, 5.74) is 0. The Hall–Kier alpha value is -1.24. The average molecular weight is 249 g/mol. The highest BCUT2D eigenvalue weighted by atomic mass is 32.2. The van der Waals surface area contributed by atoms with Gasteiger partial charge in [-0.15, -0.1) is 0 Å². The number of carbonyl (C=O) groups excluding carboxylic acids is 2. The number of rotatable bonds is 7. The molecule has 0 aromatic rings. The van der Waals surface area contributed by atoms with E-state index in [0.29, 0.717) is 0 Å². The normalized spacial score (nSPS) is 11.6. The molecule has 92 valence electrons. The monoisotopic (exact) mass is 249 g/mol. The fourth-order valence-electron chi connectivity index (χ4n) is 0.989. The van der Waals surface area contributed by atoms with Gasteiger partial charge < -0.3 is 15.2 Å². The SMILES string of the molecule is COC(=O)CCC(NC(=O)CSC)C(=O)O. The van der Waals surface area contributed by atoms with Crippen LogP contribution in [-0.2, 0) is 19.1 Å².